The Hall–Kier alpha value is -2.21. The number of hydrogen-bond acceptors (Lipinski definition) is 4. The zero-order chi connectivity index (χ0) is 15.5. The zero-order valence-electron chi connectivity index (χ0n) is 13.0. The predicted octanol–water partition coefficient (Wildman–Crippen LogP) is 1.28. The van der Waals surface area contributed by atoms with E-state index in [0.29, 0.717) is 6.42 Å². The van der Waals surface area contributed by atoms with Gasteiger partial charge >= 0.3 is 0 Å². The predicted molar refractivity (Wildman–Crippen MR) is 83.0 cm³/mol. The molecule has 1 aliphatic rings. The molecule has 0 aliphatic carbocycles. The highest BCUT2D eigenvalue weighted by molar-refractivity contribution is 5.76. The Bertz CT molecular complexity index is 666. The largest absolute Gasteiger partial charge is 0.359 e. The van der Waals surface area contributed by atoms with E-state index in [2.05, 4.69) is 20.3 Å². The first kappa shape index (κ1) is 14.7. The van der Waals surface area contributed by atoms with Gasteiger partial charge in [0, 0.05) is 38.6 Å². The summed E-state index contributed by atoms with van der Waals surface area (Å²) >= 11 is 0. The molecule has 0 fully saturated rings. The van der Waals surface area contributed by atoms with E-state index in [1.165, 1.54) is 0 Å². The van der Waals surface area contributed by atoms with Gasteiger partial charge in [0.05, 0.1) is 23.9 Å². The fourth-order valence-corrected chi connectivity index (χ4v) is 2.97. The Balaban J connectivity index is 1.76. The summed E-state index contributed by atoms with van der Waals surface area (Å²) in [7, 11) is 1.67. The molecule has 3 heterocycles. The lowest BCUT2D eigenvalue weighted by Gasteiger charge is -2.33. The van der Waals surface area contributed by atoms with E-state index in [1.54, 1.807) is 13.2 Å². The van der Waals surface area contributed by atoms with Gasteiger partial charge in [0.15, 0.2) is 0 Å². The van der Waals surface area contributed by atoms with Crippen molar-refractivity contribution >= 4 is 5.91 Å². The molecule has 22 heavy (non-hydrogen) atoms. The molecule has 1 atom stereocenters. The molecule has 0 aromatic carbocycles. The molecule has 6 heteroatoms. The summed E-state index contributed by atoms with van der Waals surface area (Å²) in [5.41, 5.74) is 3.24. The molecule has 6 nitrogen and oxygen atoms in total. The number of rotatable bonds is 4. The van der Waals surface area contributed by atoms with Crippen LogP contribution in [-0.4, -0.2) is 39.2 Å². The van der Waals surface area contributed by atoms with Gasteiger partial charge in [-0.15, -0.1) is 0 Å². The maximum absolute atomic E-state index is 11.7. The second-order valence-corrected chi connectivity index (χ2v) is 5.74. The molecule has 0 spiro atoms. The number of aryl methyl sites for hydroxylation is 1. The summed E-state index contributed by atoms with van der Waals surface area (Å²) in [6.45, 7) is 4.43. The standard InChI is InChI=1S/C16H21N5O/c1-12-4-3-5-13(19-12)9-20-10-14-6-7-18-21(14)15(11-20)8-16(22)17-2/h3-7,15H,8-11H2,1-2H3,(H,17,22)/t15-/m1/s1. The molecule has 3 rings (SSSR count). The Morgan fingerprint density at radius 3 is 3.05 bits per heavy atom. The average Bonchev–Trinajstić information content (AvgIpc) is 2.95. The second-order valence-electron chi connectivity index (χ2n) is 5.74. The van der Waals surface area contributed by atoms with Crippen molar-refractivity contribution in [3.63, 3.8) is 0 Å². The number of hydrogen-bond donors (Lipinski definition) is 1. The van der Waals surface area contributed by atoms with Gasteiger partial charge in [-0.1, -0.05) is 6.07 Å². The van der Waals surface area contributed by atoms with Crippen LogP contribution in [-0.2, 0) is 17.9 Å². The van der Waals surface area contributed by atoms with Crippen LogP contribution < -0.4 is 5.32 Å². The minimum Gasteiger partial charge on any atom is -0.359 e. The number of nitrogens with zero attached hydrogens (tertiary/aromatic N) is 4. The lowest BCUT2D eigenvalue weighted by atomic mass is 10.1. The first-order valence-electron chi connectivity index (χ1n) is 7.53. The van der Waals surface area contributed by atoms with E-state index in [-0.39, 0.29) is 11.9 Å². The highest BCUT2D eigenvalue weighted by Crippen LogP contribution is 2.24. The Morgan fingerprint density at radius 1 is 1.41 bits per heavy atom. The molecule has 2 aromatic heterocycles. The van der Waals surface area contributed by atoms with E-state index in [4.69, 9.17) is 0 Å². The van der Waals surface area contributed by atoms with Crippen molar-refractivity contribution in [1.82, 2.24) is 25.0 Å². The molecule has 0 unspecified atom stereocenters. The molecule has 0 radical (unpaired) electrons. The Morgan fingerprint density at radius 2 is 2.27 bits per heavy atom. The molecule has 116 valence electrons. The van der Waals surface area contributed by atoms with Crippen molar-refractivity contribution in [1.29, 1.82) is 0 Å². The van der Waals surface area contributed by atoms with E-state index < -0.39 is 0 Å². The van der Waals surface area contributed by atoms with Gasteiger partial charge < -0.3 is 5.32 Å². The van der Waals surface area contributed by atoms with Crippen LogP contribution in [0.2, 0.25) is 0 Å². The van der Waals surface area contributed by atoms with Gasteiger partial charge in [-0.2, -0.15) is 5.10 Å². The summed E-state index contributed by atoms with van der Waals surface area (Å²) in [5, 5.41) is 7.07. The SMILES string of the molecule is CNC(=O)C[C@@H]1CN(Cc2cccc(C)n2)Cc2ccnn21. The Kier molecular flexibility index (Phi) is 4.20. The topological polar surface area (TPSA) is 63.1 Å². The van der Waals surface area contributed by atoms with E-state index in [0.717, 1.165) is 36.7 Å². The molecule has 2 aromatic rings. The molecule has 0 saturated carbocycles. The quantitative estimate of drug-likeness (QED) is 0.924. The highest BCUT2D eigenvalue weighted by atomic mass is 16.1. The Labute approximate surface area is 130 Å². The van der Waals surface area contributed by atoms with Crippen LogP contribution >= 0.6 is 0 Å². The molecule has 1 amide bonds. The number of pyridine rings is 1. The fourth-order valence-electron chi connectivity index (χ4n) is 2.97. The van der Waals surface area contributed by atoms with Crippen LogP contribution in [0.4, 0.5) is 0 Å². The number of amides is 1. The smallest absolute Gasteiger partial charge is 0.221 e. The molecular formula is C16H21N5O. The third-order valence-electron chi connectivity index (χ3n) is 3.98. The van der Waals surface area contributed by atoms with Gasteiger partial charge in [0.1, 0.15) is 0 Å². The minimum absolute atomic E-state index is 0.0435. The van der Waals surface area contributed by atoms with Crippen molar-refractivity contribution in [3.8, 4) is 0 Å². The van der Waals surface area contributed by atoms with Crippen molar-refractivity contribution in [2.45, 2.75) is 32.5 Å². The zero-order valence-corrected chi connectivity index (χ0v) is 13.0. The van der Waals surface area contributed by atoms with Crippen molar-refractivity contribution in [2.24, 2.45) is 0 Å². The monoisotopic (exact) mass is 299 g/mol. The van der Waals surface area contributed by atoms with Crippen LogP contribution in [0.5, 0.6) is 0 Å². The summed E-state index contributed by atoms with van der Waals surface area (Å²) in [4.78, 5) is 18.6. The number of carbonyl (C=O) groups is 1. The summed E-state index contributed by atoms with van der Waals surface area (Å²) in [6.07, 6.45) is 2.25. The molecule has 0 saturated heterocycles. The van der Waals surface area contributed by atoms with Crippen molar-refractivity contribution in [3.05, 3.63) is 47.5 Å². The lowest BCUT2D eigenvalue weighted by Crippen LogP contribution is -2.39. The first-order valence-corrected chi connectivity index (χ1v) is 7.53. The summed E-state index contributed by atoms with van der Waals surface area (Å²) < 4.78 is 1.98. The van der Waals surface area contributed by atoms with Crippen LogP contribution in [0.3, 0.4) is 0 Å². The van der Waals surface area contributed by atoms with Crippen LogP contribution in [0.15, 0.2) is 30.5 Å². The van der Waals surface area contributed by atoms with Gasteiger partial charge in [-0.25, -0.2) is 0 Å². The number of carbonyl (C=O) groups excluding carboxylic acids is 1. The average molecular weight is 299 g/mol. The summed E-state index contributed by atoms with van der Waals surface area (Å²) in [5.74, 6) is 0.0435. The van der Waals surface area contributed by atoms with Crippen LogP contribution in [0.25, 0.3) is 0 Å². The van der Waals surface area contributed by atoms with Crippen molar-refractivity contribution < 1.29 is 4.79 Å². The van der Waals surface area contributed by atoms with E-state index >= 15 is 0 Å². The molecule has 0 bridgehead atoms. The fraction of sp³-hybridized carbons (Fsp3) is 0.438. The number of aromatic nitrogens is 3. The summed E-state index contributed by atoms with van der Waals surface area (Å²) in [6, 6.07) is 8.18. The molecule has 1 N–H and O–H groups in total. The number of nitrogens with one attached hydrogen (secondary N) is 1. The third kappa shape index (κ3) is 3.17. The maximum Gasteiger partial charge on any atom is 0.221 e. The van der Waals surface area contributed by atoms with Gasteiger partial charge in [0.25, 0.3) is 0 Å². The second kappa shape index (κ2) is 6.27. The highest BCUT2D eigenvalue weighted by Gasteiger charge is 2.27. The number of fused-ring (bicyclic) bond motifs is 1. The van der Waals surface area contributed by atoms with Crippen LogP contribution in [0.1, 0.15) is 29.5 Å². The van der Waals surface area contributed by atoms with E-state index in [1.807, 2.05) is 35.9 Å². The molecular weight excluding hydrogens is 278 g/mol. The first-order chi connectivity index (χ1) is 10.7. The van der Waals surface area contributed by atoms with Crippen LogP contribution in [0, 0.1) is 6.92 Å². The lowest BCUT2D eigenvalue weighted by molar-refractivity contribution is -0.121. The van der Waals surface area contributed by atoms with Crippen molar-refractivity contribution in [2.75, 3.05) is 13.6 Å². The van der Waals surface area contributed by atoms with Gasteiger partial charge in [-0.3, -0.25) is 19.4 Å². The maximum atomic E-state index is 11.7. The third-order valence-corrected chi connectivity index (χ3v) is 3.98. The van der Waals surface area contributed by atoms with E-state index in [9.17, 15) is 4.79 Å². The minimum atomic E-state index is 0.0435. The van der Waals surface area contributed by atoms with Gasteiger partial charge in [-0.05, 0) is 25.1 Å². The normalized spacial score (nSPS) is 18.0. The van der Waals surface area contributed by atoms with Gasteiger partial charge in [0.2, 0.25) is 5.91 Å². The molecule has 1 aliphatic heterocycles.